The molecule has 3 heterocycles. The third-order valence-corrected chi connectivity index (χ3v) is 4.49. The van der Waals surface area contributed by atoms with Crippen molar-refractivity contribution in [3.05, 3.63) is 60.7 Å². The molecule has 8 nitrogen and oxygen atoms in total. The van der Waals surface area contributed by atoms with Gasteiger partial charge >= 0.3 is 0 Å². The van der Waals surface area contributed by atoms with Crippen LogP contribution in [0.25, 0.3) is 5.82 Å². The van der Waals surface area contributed by atoms with Crippen LogP contribution in [-0.2, 0) is 0 Å². The highest BCUT2D eigenvalue weighted by Crippen LogP contribution is 2.18. The maximum absolute atomic E-state index is 12.6. The fraction of sp³-hybridized carbons (Fsp3) is 0.222. The average Bonchev–Trinajstić information content (AvgIpc) is 3.23. The fourth-order valence-corrected chi connectivity index (χ4v) is 3.02. The lowest BCUT2D eigenvalue weighted by atomic mass is 10.1. The molecule has 0 atom stereocenters. The van der Waals surface area contributed by atoms with Gasteiger partial charge < -0.3 is 15.5 Å². The van der Waals surface area contributed by atoms with Crippen molar-refractivity contribution in [3.63, 3.8) is 0 Å². The first-order valence-corrected chi connectivity index (χ1v) is 8.43. The zero-order chi connectivity index (χ0) is 17.9. The van der Waals surface area contributed by atoms with Crippen LogP contribution in [-0.4, -0.2) is 56.7 Å². The number of amides is 1. The third-order valence-electron chi connectivity index (χ3n) is 4.49. The van der Waals surface area contributed by atoms with Crippen LogP contribution in [0.1, 0.15) is 10.4 Å². The van der Waals surface area contributed by atoms with Gasteiger partial charge in [0, 0.05) is 44.3 Å². The number of para-hydroxylation sites is 1. The number of hydrogen-bond acceptors (Lipinski definition) is 6. The number of nitrogens with two attached hydrogens (primary N) is 1. The molecule has 0 radical (unpaired) electrons. The lowest BCUT2D eigenvalue weighted by Crippen LogP contribution is -2.49. The molecule has 8 heteroatoms. The second-order valence-corrected chi connectivity index (χ2v) is 6.09. The standard InChI is InChI=1S/C18H19N7O/c19-15-4-2-1-3-14(15)18(26)24-11-9-23(10-12-24)16-5-6-17(22-21-16)25-8-7-20-13-25/h1-8,13H,9-12,19H2. The van der Waals surface area contributed by atoms with Crippen LogP contribution in [0.5, 0.6) is 0 Å². The first-order chi connectivity index (χ1) is 12.7. The van der Waals surface area contributed by atoms with Crippen molar-refractivity contribution in [2.75, 3.05) is 36.8 Å². The van der Waals surface area contributed by atoms with Crippen molar-refractivity contribution in [2.24, 2.45) is 0 Å². The fourth-order valence-electron chi connectivity index (χ4n) is 3.02. The van der Waals surface area contributed by atoms with E-state index in [1.807, 2.05) is 35.4 Å². The Morgan fingerprint density at radius 3 is 2.35 bits per heavy atom. The molecule has 1 saturated heterocycles. The predicted molar refractivity (Wildman–Crippen MR) is 98.1 cm³/mol. The van der Waals surface area contributed by atoms with Gasteiger partial charge in [0.15, 0.2) is 11.6 Å². The summed E-state index contributed by atoms with van der Waals surface area (Å²) < 4.78 is 1.80. The van der Waals surface area contributed by atoms with Crippen molar-refractivity contribution in [1.82, 2.24) is 24.6 Å². The van der Waals surface area contributed by atoms with Gasteiger partial charge in [-0.3, -0.25) is 9.36 Å². The monoisotopic (exact) mass is 349 g/mol. The molecule has 0 spiro atoms. The molecule has 132 valence electrons. The maximum atomic E-state index is 12.6. The highest BCUT2D eigenvalue weighted by molar-refractivity contribution is 5.99. The average molecular weight is 349 g/mol. The Balaban J connectivity index is 1.40. The smallest absolute Gasteiger partial charge is 0.256 e. The summed E-state index contributed by atoms with van der Waals surface area (Å²) in [6, 6.07) is 11.0. The predicted octanol–water partition coefficient (Wildman–Crippen LogP) is 1.21. The van der Waals surface area contributed by atoms with Crippen LogP contribution >= 0.6 is 0 Å². The second kappa shape index (κ2) is 6.83. The van der Waals surface area contributed by atoms with Gasteiger partial charge in [0.1, 0.15) is 6.33 Å². The topological polar surface area (TPSA) is 93.2 Å². The molecule has 0 aliphatic carbocycles. The van der Waals surface area contributed by atoms with E-state index in [1.54, 1.807) is 29.2 Å². The maximum Gasteiger partial charge on any atom is 0.256 e. The van der Waals surface area contributed by atoms with E-state index >= 15 is 0 Å². The van der Waals surface area contributed by atoms with E-state index in [2.05, 4.69) is 20.1 Å². The molecular weight excluding hydrogens is 330 g/mol. The van der Waals surface area contributed by atoms with Gasteiger partial charge in [0.25, 0.3) is 5.91 Å². The van der Waals surface area contributed by atoms with Gasteiger partial charge in [-0.1, -0.05) is 12.1 Å². The summed E-state index contributed by atoms with van der Waals surface area (Å²) in [5, 5.41) is 8.55. The van der Waals surface area contributed by atoms with E-state index in [9.17, 15) is 4.79 Å². The number of rotatable bonds is 3. The van der Waals surface area contributed by atoms with Crippen LogP contribution in [0, 0.1) is 0 Å². The summed E-state index contributed by atoms with van der Waals surface area (Å²) in [4.78, 5) is 20.6. The number of anilines is 2. The van der Waals surface area contributed by atoms with Crippen LogP contribution in [0.15, 0.2) is 55.1 Å². The molecule has 3 aromatic rings. The zero-order valence-corrected chi connectivity index (χ0v) is 14.2. The highest BCUT2D eigenvalue weighted by atomic mass is 16.2. The Hall–Kier alpha value is -3.42. The van der Waals surface area contributed by atoms with E-state index in [1.165, 1.54) is 0 Å². The lowest BCUT2D eigenvalue weighted by molar-refractivity contribution is 0.0747. The molecule has 0 saturated carbocycles. The molecule has 2 N–H and O–H groups in total. The van der Waals surface area contributed by atoms with Crippen molar-refractivity contribution in [1.29, 1.82) is 0 Å². The summed E-state index contributed by atoms with van der Waals surface area (Å²) in [6.07, 6.45) is 5.21. The molecule has 1 aliphatic heterocycles. The third kappa shape index (κ3) is 3.08. The number of nitrogens with zero attached hydrogens (tertiary/aromatic N) is 6. The van der Waals surface area contributed by atoms with Gasteiger partial charge in [-0.2, -0.15) is 0 Å². The number of imidazole rings is 1. The Morgan fingerprint density at radius 1 is 0.962 bits per heavy atom. The molecular formula is C18H19N7O. The summed E-state index contributed by atoms with van der Waals surface area (Å²) >= 11 is 0. The number of hydrogen-bond donors (Lipinski definition) is 1. The molecule has 4 rings (SSSR count). The summed E-state index contributed by atoms with van der Waals surface area (Å²) in [7, 11) is 0. The number of piperazine rings is 1. The molecule has 0 unspecified atom stereocenters. The quantitative estimate of drug-likeness (QED) is 0.715. The largest absolute Gasteiger partial charge is 0.398 e. The SMILES string of the molecule is Nc1ccccc1C(=O)N1CCN(c2ccc(-n3ccnc3)nn2)CC1. The molecule has 1 fully saturated rings. The normalized spacial score (nSPS) is 14.5. The van der Waals surface area contributed by atoms with E-state index in [0.29, 0.717) is 37.4 Å². The van der Waals surface area contributed by atoms with E-state index in [0.717, 1.165) is 11.6 Å². The molecule has 0 bridgehead atoms. The van der Waals surface area contributed by atoms with Gasteiger partial charge in [-0.05, 0) is 24.3 Å². The summed E-state index contributed by atoms with van der Waals surface area (Å²) in [5.41, 5.74) is 6.99. The Bertz CT molecular complexity index is 884. The lowest BCUT2D eigenvalue weighted by Gasteiger charge is -2.35. The van der Waals surface area contributed by atoms with Crippen molar-refractivity contribution in [2.45, 2.75) is 0 Å². The Morgan fingerprint density at radius 2 is 1.69 bits per heavy atom. The van der Waals surface area contributed by atoms with Gasteiger partial charge in [0.2, 0.25) is 0 Å². The molecule has 1 amide bonds. The number of carbonyl (C=O) groups excluding carboxylic acids is 1. The van der Waals surface area contributed by atoms with Crippen molar-refractivity contribution < 1.29 is 4.79 Å². The minimum atomic E-state index is -0.0238. The molecule has 1 aliphatic rings. The number of nitrogen functional groups attached to an aromatic ring is 1. The second-order valence-electron chi connectivity index (χ2n) is 6.09. The minimum absolute atomic E-state index is 0.0238. The van der Waals surface area contributed by atoms with Gasteiger partial charge in [-0.25, -0.2) is 4.98 Å². The summed E-state index contributed by atoms with van der Waals surface area (Å²) in [6.45, 7) is 2.66. The van der Waals surface area contributed by atoms with Crippen LogP contribution in [0.2, 0.25) is 0 Å². The number of benzene rings is 1. The Kier molecular flexibility index (Phi) is 4.22. The van der Waals surface area contributed by atoms with Crippen LogP contribution < -0.4 is 10.6 Å². The van der Waals surface area contributed by atoms with Crippen LogP contribution in [0.4, 0.5) is 11.5 Å². The van der Waals surface area contributed by atoms with Gasteiger partial charge in [0.05, 0.1) is 5.56 Å². The van der Waals surface area contributed by atoms with Crippen molar-refractivity contribution in [3.8, 4) is 5.82 Å². The first-order valence-electron chi connectivity index (χ1n) is 8.43. The Labute approximate surface area is 150 Å². The first kappa shape index (κ1) is 16.1. The van der Waals surface area contributed by atoms with E-state index < -0.39 is 0 Å². The van der Waals surface area contributed by atoms with E-state index in [-0.39, 0.29) is 5.91 Å². The molecule has 1 aromatic carbocycles. The number of carbonyl (C=O) groups is 1. The van der Waals surface area contributed by atoms with E-state index in [4.69, 9.17) is 5.73 Å². The zero-order valence-electron chi connectivity index (χ0n) is 14.2. The molecule has 26 heavy (non-hydrogen) atoms. The number of aromatic nitrogens is 4. The highest BCUT2D eigenvalue weighted by Gasteiger charge is 2.24. The molecule has 2 aromatic heterocycles. The minimum Gasteiger partial charge on any atom is -0.398 e. The van der Waals surface area contributed by atoms with Crippen LogP contribution in [0.3, 0.4) is 0 Å². The summed E-state index contributed by atoms with van der Waals surface area (Å²) in [5.74, 6) is 1.50. The van der Waals surface area contributed by atoms with Gasteiger partial charge in [-0.15, -0.1) is 10.2 Å². The van der Waals surface area contributed by atoms with Crippen molar-refractivity contribution >= 4 is 17.4 Å².